The second kappa shape index (κ2) is 7.08. The molecule has 2 heterocycles. The van der Waals surface area contributed by atoms with E-state index in [1.54, 1.807) is 6.20 Å². The van der Waals surface area contributed by atoms with Gasteiger partial charge in [0, 0.05) is 37.9 Å². The summed E-state index contributed by atoms with van der Waals surface area (Å²) in [4.78, 5) is 15.9. The molecular formula is C13H19N3O2. The summed E-state index contributed by atoms with van der Waals surface area (Å²) in [7, 11) is 0. The average Bonchev–Trinajstić information content (AvgIpc) is 2.41. The molecule has 5 heteroatoms. The predicted octanol–water partition coefficient (Wildman–Crippen LogP) is 0.119. The van der Waals surface area contributed by atoms with E-state index in [1.165, 1.54) is 0 Å². The van der Waals surface area contributed by atoms with Crippen LogP contribution in [-0.4, -0.2) is 43.2 Å². The highest BCUT2D eigenvalue weighted by Crippen LogP contribution is 2.01. The molecule has 0 aliphatic carbocycles. The van der Waals surface area contributed by atoms with Gasteiger partial charge in [-0.05, 0) is 12.1 Å². The maximum atomic E-state index is 11.7. The summed E-state index contributed by atoms with van der Waals surface area (Å²) in [6.45, 7) is 2.94. The van der Waals surface area contributed by atoms with E-state index >= 15 is 0 Å². The lowest BCUT2D eigenvalue weighted by atomic mass is 10.2. The molecule has 0 saturated carbocycles. The van der Waals surface area contributed by atoms with Crippen molar-refractivity contribution in [2.45, 2.75) is 18.9 Å². The molecule has 1 amide bonds. The SMILES string of the molecule is O=C(CC1CNCCO1)NCCc1ccccn1. The van der Waals surface area contributed by atoms with Crippen molar-refractivity contribution >= 4 is 5.91 Å². The van der Waals surface area contributed by atoms with Crippen molar-refractivity contribution in [2.75, 3.05) is 26.2 Å². The van der Waals surface area contributed by atoms with Gasteiger partial charge in [0.05, 0.1) is 19.1 Å². The third-order valence-electron chi connectivity index (χ3n) is 2.85. The number of aromatic nitrogens is 1. The van der Waals surface area contributed by atoms with Gasteiger partial charge in [0.25, 0.3) is 0 Å². The number of hydrogen-bond acceptors (Lipinski definition) is 4. The number of rotatable bonds is 5. The molecule has 0 spiro atoms. The maximum Gasteiger partial charge on any atom is 0.222 e. The van der Waals surface area contributed by atoms with Crippen molar-refractivity contribution in [1.82, 2.24) is 15.6 Å². The Bertz CT molecular complexity index is 364. The van der Waals surface area contributed by atoms with Gasteiger partial charge in [0.1, 0.15) is 0 Å². The van der Waals surface area contributed by atoms with Gasteiger partial charge in [-0.3, -0.25) is 9.78 Å². The number of ether oxygens (including phenoxy) is 1. The van der Waals surface area contributed by atoms with Gasteiger partial charge in [-0.15, -0.1) is 0 Å². The minimum Gasteiger partial charge on any atom is -0.375 e. The minimum atomic E-state index is 0.00796. The number of carbonyl (C=O) groups is 1. The molecule has 98 valence electrons. The predicted molar refractivity (Wildman–Crippen MR) is 68.2 cm³/mol. The zero-order valence-corrected chi connectivity index (χ0v) is 10.4. The van der Waals surface area contributed by atoms with Crippen LogP contribution in [0.15, 0.2) is 24.4 Å². The normalized spacial score (nSPS) is 19.4. The van der Waals surface area contributed by atoms with E-state index in [0.717, 1.165) is 25.2 Å². The minimum absolute atomic E-state index is 0.00796. The maximum absolute atomic E-state index is 11.7. The third-order valence-corrected chi connectivity index (χ3v) is 2.85. The van der Waals surface area contributed by atoms with E-state index in [-0.39, 0.29) is 12.0 Å². The van der Waals surface area contributed by atoms with Crippen LogP contribution in [0.1, 0.15) is 12.1 Å². The van der Waals surface area contributed by atoms with Crippen LogP contribution in [0.5, 0.6) is 0 Å². The van der Waals surface area contributed by atoms with Crippen LogP contribution in [0.25, 0.3) is 0 Å². The van der Waals surface area contributed by atoms with Crippen molar-refractivity contribution in [3.63, 3.8) is 0 Å². The zero-order chi connectivity index (χ0) is 12.6. The van der Waals surface area contributed by atoms with Crippen molar-refractivity contribution < 1.29 is 9.53 Å². The zero-order valence-electron chi connectivity index (χ0n) is 10.4. The van der Waals surface area contributed by atoms with E-state index in [0.29, 0.717) is 19.6 Å². The number of pyridine rings is 1. The highest BCUT2D eigenvalue weighted by atomic mass is 16.5. The molecule has 5 nitrogen and oxygen atoms in total. The molecule has 0 aromatic carbocycles. The Morgan fingerprint density at radius 2 is 2.50 bits per heavy atom. The number of amides is 1. The Hall–Kier alpha value is -1.46. The first kappa shape index (κ1) is 13.0. The first-order chi connectivity index (χ1) is 8.84. The monoisotopic (exact) mass is 249 g/mol. The van der Waals surface area contributed by atoms with Gasteiger partial charge in [0.2, 0.25) is 5.91 Å². The number of nitrogens with one attached hydrogen (secondary N) is 2. The molecule has 1 aliphatic rings. The Kier molecular flexibility index (Phi) is 5.11. The molecule has 1 aliphatic heterocycles. The number of hydrogen-bond donors (Lipinski definition) is 2. The standard InChI is InChI=1S/C13H19N3O2/c17-13(9-12-10-14-7-8-18-12)16-6-4-11-3-1-2-5-15-11/h1-3,5,12,14H,4,6-10H2,(H,16,17). The largest absolute Gasteiger partial charge is 0.375 e. The summed E-state index contributed by atoms with van der Waals surface area (Å²) in [5.74, 6) is 0.0413. The summed E-state index contributed by atoms with van der Waals surface area (Å²) in [5, 5.41) is 6.10. The topological polar surface area (TPSA) is 63.2 Å². The number of carbonyl (C=O) groups excluding carboxylic acids is 1. The summed E-state index contributed by atoms with van der Waals surface area (Å²) < 4.78 is 5.48. The van der Waals surface area contributed by atoms with Crippen molar-refractivity contribution in [3.05, 3.63) is 30.1 Å². The summed E-state index contributed by atoms with van der Waals surface area (Å²) in [6, 6.07) is 5.79. The first-order valence-electron chi connectivity index (χ1n) is 6.33. The van der Waals surface area contributed by atoms with Gasteiger partial charge in [-0.25, -0.2) is 0 Å². The van der Waals surface area contributed by atoms with Gasteiger partial charge >= 0.3 is 0 Å². The molecule has 1 fully saturated rings. The molecule has 1 atom stereocenters. The molecule has 2 rings (SSSR count). The molecule has 1 saturated heterocycles. The number of morpholine rings is 1. The molecule has 2 N–H and O–H groups in total. The van der Waals surface area contributed by atoms with Crippen LogP contribution in [-0.2, 0) is 16.0 Å². The van der Waals surface area contributed by atoms with Crippen molar-refractivity contribution in [2.24, 2.45) is 0 Å². The lowest BCUT2D eigenvalue weighted by Gasteiger charge is -2.23. The molecule has 18 heavy (non-hydrogen) atoms. The summed E-state index contributed by atoms with van der Waals surface area (Å²) in [5.41, 5.74) is 0.994. The third kappa shape index (κ3) is 4.43. The van der Waals surface area contributed by atoms with Crippen LogP contribution in [0.4, 0.5) is 0 Å². The second-order valence-corrected chi connectivity index (χ2v) is 4.32. The van der Waals surface area contributed by atoms with Crippen LogP contribution in [0.3, 0.4) is 0 Å². The fourth-order valence-electron chi connectivity index (χ4n) is 1.91. The van der Waals surface area contributed by atoms with E-state index in [4.69, 9.17) is 4.74 Å². The van der Waals surface area contributed by atoms with Crippen LogP contribution in [0, 0.1) is 0 Å². The van der Waals surface area contributed by atoms with Gasteiger partial charge in [-0.2, -0.15) is 0 Å². The Morgan fingerprint density at radius 1 is 1.56 bits per heavy atom. The van der Waals surface area contributed by atoms with E-state index in [1.807, 2.05) is 18.2 Å². The van der Waals surface area contributed by atoms with Gasteiger partial charge in [0.15, 0.2) is 0 Å². The quantitative estimate of drug-likeness (QED) is 0.778. The fraction of sp³-hybridized carbons (Fsp3) is 0.538. The molecule has 0 bridgehead atoms. The van der Waals surface area contributed by atoms with Crippen molar-refractivity contribution in [1.29, 1.82) is 0 Å². The fourth-order valence-corrected chi connectivity index (χ4v) is 1.91. The highest BCUT2D eigenvalue weighted by molar-refractivity contribution is 5.76. The Labute approximate surface area is 107 Å². The molecular weight excluding hydrogens is 230 g/mol. The van der Waals surface area contributed by atoms with Crippen molar-refractivity contribution in [3.8, 4) is 0 Å². The Balaban J connectivity index is 1.62. The number of nitrogens with zero attached hydrogens (tertiary/aromatic N) is 1. The van der Waals surface area contributed by atoms with Gasteiger partial charge in [-0.1, -0.05) is 6.07 Å². The molecule has 1 aromatic rings. The summed E-state index contributed by atoms with van der Waals surface area (Å²) in [6.07, 6.45) is 2.96. The molecule has 1 unspecified atom stereocenters. The van der Waals surface area contributed by atoms with Crippen LogP contribution < -0.4 is 10.6 Å². The van der Waals surface area contributed by atoms with E-state index in [2.05, 4.69) is 15.6 Å². The Morgan fingerprint density at radius 3 is 3.22 bits per heavy atom. The van der Waals surface area contributed by atoms with Crippen LogP contribution in [0.2, 0.25) is 0 Å². The van der Waals surface area contributed by atoms with Crippen LogP contribution >= 0.6 is 0 Å². The summed E-state index contributed by atoms with van der Waals surface area (Å²) >= 11 is 0. The highest BCUT2D eigenvalue weighted by Gasteiger charge is 2.16. The van der Waals surface area contributed by atoms with E-state index in [9.17, 15) is 4.79 Å². The second-order valence-electron chi connectivity index (χ2n) is 4.32. The van der Waals surface area contributed by atoms with Gasteiger partial charge < -0.3 is 15.4 Å². The van der Waals surface area contributed by atoms with E-state index < -0.39 is 0 Å². The lowest BCUT2D eigenvalue weighted by Crippen LogP contribution is -2.41. The first-order valence-corrected chi connectivity index (χ1v) is 6.33. The smallest absolute Gasteiger partial charge is 0.222 e. The molecule has 0 radical (unpaired) electrons. The average molecular weight is 249 g/mol. The molecule has 1 aromatic heterocycles. The lowest BCUT2D eigenvalue weighted by molar-refractivity contribution is -0.124.